The Morgan fingerprint density at radius 3 is 2.96 bits per heavy atom. The smallest absolute Gasteiger partial charge is 0.241 e. The van der Waals surface area contributed by atoms with Crippen molar-refractivity contribution in [3.8, 4) is 11.4 Å². The highest BCUT2D eigenvalue weighted by Crippen LogP contribution is 2.27. The van der Waals surface area contributed by atoms with Crippen molar-refractivity contribution in [2.75, 3.05) is 6.61 Å². The number of nitrogens with zero attached hydrogens (tertiary/aromatic N) is 5. The minimum absolute atomic E-state index is 0.0823. The van der Waals surface area contributed by atoms with E-state index in [9.17, 15) is 0 Å². The Morgan fingerprint density at radius 1 is 1.25 bits per heavy atom. The van der Waals surface area contributed by atoms with Gasteiger partial charge in [0.25, 0.3) is 0 Å². The second kappa shape index (κ2) is 6.35. The van der Waals surface area contributed by atoms with Crippen molar-refractivity contribution in [1.82, 2.24) is 24.8 Å². The van der Waals surface area contributed by atoms with E-state index in [2.05, 4.69) is 20.1 Å². The molecule has 1 aliphatic rings. The van der Waals surface area contributed by atoms with Gasteiger partial charge in [-0.15, -0.1) is 0 Å². The highest BCUT2D eigenvalue weighted by molar-refractivity contribution is 6.33. The van der Waals surface area contributed by atoms with Crippen molar-refractivity contribution in [3.05, 3.63) is 52.6 Å². The van der Waals surface area contributed by atoms with E-state index >= 15 is 0 Å². The van der Waals surface area contributed by atoms with Crippen LogP contribution < -0.4 is 0 Å². The lowest BCUT2D eigenvalue weighted by Crippen LogP contribution is -2.18. The normalized spacial score (nSPS) is 14.2. The number of fused-ring (bicyclic) bond motifs is 1. The average Bonchev–Trinajstić information content (AvgIpc) is 3.26. The first-order valence-corrected chi connectivity index (χ1v) is 8.06. The van der Waals surface area contributed by atoms with Gasteiger partial charge in [-0.25, -0.2) is 0 Å². The highest BCUT2D eigenvalue weighted by Gasteiger charge is 2.25. The second-order valence-electron chi connectivity index (χ2n) is 5.70. The number of benzene rings is 1. The molecule has 1 N–H and O–H groups in total. The molecule has 0 saturated carbocycles. The molecule has 2 aromatic heterocycles. The monoisotopic (exact) mass is 345 g/mol. The molecule has 8 heteroatoms. The molecular weight excluding hydrogens is 330 g/mol. The number of hydrogen-bond acceptors (Lipinski definition) is 6. The van der Waals surface area contributed by atoms with Gasteiger partial charge in [-0.2, -0.15) is 10.1 Å². The molecule has 1 aromatic carbocycles. The SMILES string of the molecule is OCCn1ncc2c1CN(Cc1nc(-c3ccccc3Cl)no1)C2. The van der Waals surface area contributed by atoms with E-state index in [0.29, 0.717) is 29.8 Å². The first kappa shape index (κ1) is 15.3. The molecule has 0 saturated heterocycles. The number of rotatable bonds is 5. The zero-order valence-corrected chi connectivity index (χ0v) is 13.6. The van der Waals surface area contributed by atoms with Crippen molar-refractivity contribution in [1.29, 1.82) is 0 Å². The van der Waals surface area contributed by atoms with E-state index in [4.69, 9.17) is 21.2 Å². The number of halogens is 1. The van der Waals surface area contributed by atoms with Gasteiger partial charge in [0.05, 0.1) is 36.6 Å². The topological polar surface area (TPSA) is 80.2 Å². The number of aromatic nitrogens is 4. The van der Waals surface area contributed by atoms with Crippen LogP contribution in [0.4, 0.5) is 0 Å². The Hall–Kier alpha value is -2.22. The van der Waals surface area contributed by atoms with Crippen LogP contribution >= 0.6 is 11.6 Å². The van der Waals surface area contributed by atoms with Crippen LogP contribution in [0.15, 0.2) is 35.0 Å². The van der Waals surface area contributed by atoms with E-state index in [-0.39, 0.29) is 6.61 Å². The maximum Gasteiger partial charge on any atom is 0.241 e. The Labute approximate surface area is 143 Å². The Balaban J connectivity index is 1.47. The lowest BCUT2D eigenvalue weighted by atomic mass is 10.2. The van der Waals surface area contributed by atoms with Gasteiger partial charge in [0, 0.05) is 24.2 Å². The molecule has 7 nitrogen and oxygen atoms in total. The van der Waals surface area contributed by atoms with E-state index in [1.165, 1.54) is 5.56 Å². The van der Waals surface area contributed by atoms with Crippen molar-refractivity contribution < 1.29 is 9.63 Å². The van der Waals surface area contributed by atoms with Gasteiger partial charge in [-0.05, 0) is 12.1 Å². The first-order chi connectivity index (χ1) is 11.7. The summed E-state index contributed by atoms with van der Waals surface area (Å²) in [5.41, 5.74) is 3.07. The Bertz CT molecular complexity index is 860. The number of aliphatic hydroxyl groups is 1. The largest absolute Gasteiger partial charge is 0.394 e. The molecule has 24 heavy (non-hydrogen) atoms. The molecule has 0 amide bonds. The summed E-state index contributed by atoms with van der Waals surface area (Å²) in [6.07, 6.45) is 1.86. The summed E-state index contributed by atoms with van der Waals surface area (Å²) in [6.45, 7) is 2.69. The molecular formula is C16H16ClN5O2. The van der Waals surface area contributed by atoms with Crippen molar-refractivity contribution in [3.63, 3.8) is 0 Å². The van der Waals surface area contributed by atoms with Crippen LogP contribution in [-0.2, 0) is 26.2 Å². The third-order valence-corrected chi connectivity index (χ3v) is 4.39. The third-order valence-electron chi connectivity index (χ3n) is 4.06. The third kappa shape index (κ3) is 2.82. The van der Waals surface area contributed by atoms with E-state index in [1.54, 1.807) is 6.07 Å². The van der Waals surface area contributed by atoms with Gasteiger partial charge in [0.15, 0.2) is 0 Å². The van der Waals surface area contributed by atoms with Gasteiger partial charge in [-0.3, -0.25) is 9.58 Å². The molecule has 0 spiro atoms. The van der Waals surface area contributed by atoms with E-state index in [1.807, 2.05) is 29.1 Å². The predicted octanol–water partition coefficient (Wildman–Crippen LogP) is 2.09. The van der Waals surface area contributed by atoms with E-state index in [0.717, 1.165) is 24.3 Å². The lowest BCUT2D eigenvalue weighted by Gasteiger charge is -2.12. The molecule has 0 fully saturated rings. The fraction of sp³-hybridized carbons (Fsp3) is 0.312. The van der Waals surface area contributed by atoms with Crippen LogP contribution in [0.25, 0.3) is 11.4 Å². The van der Waals surface area contributed by atoms with Crippen LogP contribution in [0.3, 0.4) is 0 Å². The molecule has 4 rings (SSSR count). The maximum absolute atomic E-state index is 9.09. The maximum atomic E-state index is 9.09. The summed E-state index contributed by atoms with van der Waals surface area (Å²) in [5, 5.41) is 18.0. The molecule has 1 aliphatic heterocycles. The first-order valence-electron chi connectivity index (χ1n) is 7.69. The van der Waals surface area contributed by atoms with Crippen molar-refractivity contribution >= 4 is 11.6 Å². The summed E-state index contributed by atoms with van der Waals surface area (Å²) in [7, 11) is 0. The summed E-state index contributed by atoms with van der Waals surface area (Å²) >= 11 is 6.17. The highest BCUT2D eigenvalue weighted by atomic mass is 35.5. The Kier molecular flexibility index (Phi) is 4.05. The van der Waals surface area contributed by atoms with Crippen LogP contribution in [0, 0.1) is 0 Å². The summed E-state index contributed by atoms with van der Waals surface area (Å²) < 4.78 is 7.21. The molecule has 0 bridgehead atoms. The van der Waals surface area contributed by atoms with Gasteiger partial charge in [-0.1, -0.05) is 28.9 Å². The molecule has 3 aromatic rings. The molecule has 0 aliphatic carbocycles. The van der Waals surface area contributed by atoms with Crippen LogP contribution in [0.5, 0.6) is 0 Å². The average molecular weight is 346 g/mol. The minimum Gasteiger partial charge on any atom is -0.394 e. The summed E-state index contributed by atoms with van der Waals surface area (Å²) in [4.78, 5) is 6.64. The summed E-state index contributed by atoms with van der Waals surface area (Å²) in [6, 6.07) is 7.42. The Morgan fingerprint density at radius 2 is 2.12 bits per heavy atom. The molecule has 3 heterocycles. The zero-order valence-electron chi connectivity index (χ0n) is 12.9. The molecule has 0 atom stereocenters. The van der Waals surface area contributed by atoms with Gasteiger partial charge in [0.2, 0.25) is 11.7 Å². The zero-order chi connectivity index (χ0) is 16.5. The number of aliphatic hydroxyl groups excluding tert-OH is 1. The van der Waals surface area contributed by atoms with Gasteiger partial charge in [0.1, 0.15) is 0 Å². The van der Waals surface area contributed by atoms with E-state index < -0.39 is 0 Å². The number of hydrogen-bond donors (Lipinski definition) is 1. The van der Waals surface area contributed by atoms with Crippen LogP contribution in [0.1, 0.15) is 17.1 Å². The molecule has 0 unspecified atom stereocenters. The predicted molar refractivity (Wildman–Crippen MR) is 87.0 cm³/mol. The second-order valence-corrected chi connectivity index (χ2v) is 6.11. The van der Waals surface area contributed by atoms with Crippen LogP contribution in [-0.4, -0.2) is 36.5 Å². The van der Waals surface area contributed by atoms with Gasteiger partial charge < -0.3 is 9.63 Å². The van der Waals surface area contributed by atoms with Crippen molar-refractivity contribution in [2.45, 2.75) is 26.2 Å². The fourth-order valence-corrected chi connectivity index (χ4v) is 3.16. The quantitative estimate of drug-likeness (QED) is 0.762. The minimum atomic E-state index is 0.0823. The molecule has 0 radical (unpaired) electrons. The van der Waals surface area contributed by atoms with Gasteiger partial charge >= 0.3 is 0 Å². The fourth-order valence-electron chi connectivity index (χ4n) is 2.93. The van der Waals surface area contributed by atoms with Crippen LogP contribution in [0.2, 0.25) is 5.02 Å². The lowest BCUT2D eigenvalue weighted by molar-refractivity contribution is 0.222. The van der Waals surface area contributed by atoms with Crippen molar-refractivity contribution in [2.24, 2.45) is 0 Å². The summed E-state index contributed by atoms with van der Waals surface area (Å²) in [5.74, 6) is 1.05. The standard InChI is InChI=1S/C16H16ClN5O2/c17-13-4-2-1-3-12(13)16-19-15(24-20-16)10-21-8-11-7-18-22(5-6-23)14(11)9-21/h1-4,7,23H,5-6,8-10H2. The molecule has 124 valence electrons.